The molecule has 0 saturated heterocycles. The summed E-state index contributed by atoms with van der Waals surface area (Å²) in [5, 5.41) is 4.14. The van der Waals surface area contributed by atoms with Gasteiger partial charge in [-0.1, -0.05) is 37.1 Å². The average Bonchev–Trinajstić information content (AvgIpc) is 3.14. The summed E-state index contributed by atoms with van der Waals surface area (Å²) < 4.78 is 5.47. The van der Waals surface area contributed by atoms with E-state index >= 15 is 0 Å². The molecule has 2 fully saturated rings. The van der Waals surface area contributed by atoms with Crippen molar-refractivity contribution in [3.05, 3.63) is 35.7 Å². The van der Waals surface area contributed by atoms with Gasteiger partial charge in [0, 0.05) is 18.2 Å². The van der Waals surface area contributed by atoms with Crippen LogP contribution in [0.1, 0.15) is 56.8 Å². The van der Waals surface area contributed by atoms with Crippen LogP contribution in [0.15, 0.2) is 28.8 Å². The predicted octanol–water partition coefficient (Wildman–Crippen LogP) is 3.45. The van der Waals surface area contributed by atoms with E-state index in [0.29, 0.717) is 11.7 Å². The Morgan fingerprint density at radius 3 is 2.54 bits per heavy atom. The minimum absolute atomic E-state index is 0.395. The highest BCUT2D eigenvalue weighted by atomic mass is 16.5. The topological polar surface area (TPSA) is 68.2 Å². The van der Waals surface area contributed by atoms with Gasteiger partial charge in [-0.3, -0.25) is 4.90 Å². The summed E-state index contributed by atoms with van der Waals surface area (Å²) in [4.78, 5) is 7.11. The van der Waals surface area contributed by atoms with Crippen LogP contribution in [0.4, 0.5) is 0 Å². The first-order chi connectivity index (χ1) is 11.7. The van der Waals surface area contributed by atoms with Crippen LogP contribution in [0.2, 0.25) is 0 Å². The van der Waals surface area contributed by atoms with Gasteiger partial charge < -0.3 is 10.3 Å². The number of nitrogens with two attached hydrogens (primary N) is 1. The molecule has 5 nitrogen and oxygen atoms in total. The van der Waals surface area contributed by atoms with Gasteiger partial charge in [-0.05, 0) is 49.9 Å². The summed E-state index contributed by atoms with van der Waals surface area (Å²) in [5.41, 5.74) is 8.31. The van der Waals surface area contributed by atoms with Crippen LogP contribution in [-0.2, 0) is 12.1 Å². The van der Waals surface area contributed by atoms with E-state index in [9.17, 15) is 0 Å². The molecule has 128 valence electrons. The lowest BCUT2D eigenvalue weighted by molar-refractivity contribution is 0.269. The van der Waals surface area contributed by atoms with E-state index in [4.69, 9.17) is 10.3 Å². The molecule has 0 radical (unpaired) electrons. The fourth-order valence-corrected chi connectivity index (χ4v) is 3.70. The normalized spacial score (nSPS) is 20.0. The highest BCUT2D eigenvalue weighted by Gasteiger charge is 2.36. The summed E-state index contributed by atoms with van der Waals surface area (Å²) in [5.74, 6) is 1.23. The maximum Gasteiger partial charge on any atom is 0.257 e. The summed E-state index contributed by atoms with van der Waals surface area (Å²) >= 11 is 0. The smallest absolute Gasteiger partial charge is 0.257 e. The fraction of sp³-hybridized carbons (Fsp3) is 0.579. The first-order valence-corrected chi connectivity index (χ1v) is 9.14. The van der Waals surface area contributed by atoms with Crippen molar-refractivity contribution < 1.29 is 4.52 Å². The van der Waals surface area contributed by atoms with Gasteiger partial charge in [-0.2, -0.15) is 4.98 Å². The minimum Gasteiger partial charge on any atom is -0.334 e. The Bertz CT molecular complexity index is 684. The molecular weight excluding hydrogens is 300 g/mol. The molecule has 24 heavy (non-hydrogen) atoms. The molecular formula is C19H26N4O. The average molecular weight is 326 g/mol. The fourth-order valence-electron chi connectivity index (χ4n) is 3.70. The zero-order valence-electron chi connectivity index (χ0n) is 14.4. The van der Waals surface area contributed by atoms with Gasteiger partial charge in [0.15, 0.2) is 5.82 Å². The van der Waals surface area contributed by atoms with Crippen LogP contribution >= 0.6 is 0 Å². The van der Waals surface area contributed by atoms with E-state index in [2.05, 4.69) is 46.2 Å². The number of aromatic nitrogens is 2. The molecule has 0 spiro atoms. The van der Waals surface area contributed by atoms with Gasteiger partial charge >= 0.3 is 0 Å². The van der Waals surface area contributed by atoms with E-state index in [1.807, 2.05) is 0 Å². The molecule has 0 bridgehead atoms. The summed E-state index contributed by atoms with van der Waals surface area (Å²) in [6.07, 6.45) is 6.86. The SMILES string of the molecule is CCN(Cc1ccc(-c2nc(C3(N)CCCC3)no2)cc1)C1CC1. The van der Waals surface area contributed by atoms with Crippen molar-refractivity contribution in [3.8, 4) is 11.5 Å². The molecule has 2 aliphatic rings. The van der Waals surface area contributed by atoms with E-state index in [-0.39, 0.29) is 0 Å². The molecule has 1 heterocycles. The molecule has 0 aliphatic heterocycles. The molecule has 1 aromatic heterocycles. The van der Waals surface area contributed by atoms with Gasteiger partial charge in [0.2, 0.25) is 0 Å². The van der Waals surface area contributed by atoms with Crippen molar-refractivity contribution in [2.24, 2.45) is 5.73 Å². The van der Waals surface area contributed by atoms with Crippen LogP contribution in [-0.4, -0.2) is 27.6 Å². The standard InChI is InChI=1S/C19H26N4O/c1-2-23(16-9-10-16)13-14-5-7-15(8-6-14)17-21-18(22-24-17)19(20)11-3-4-12-19/h5-8,16H,2-4,9-13,20H2,1H3. The van der Waals surface area contributed by atoms with Crippen molar-refractivity contribution in [2.45, 2.75) is 63.6 Å². The first-order valence-electron chi connectivity index (χ1n) is 9.14. The molecule has 0 unspecified atom stereocenters. The van der Waals surface area contributed by atoms with Crippen molar-refractivity contribution in [3.63, 3.8) is 0 Å². The van der Waals surface area contributed by atoms with Gasteiger partial charge in [-0.15, -0.1) is 0 Å². The molecule has 0 amide bonds. The van der Waals surface area contributed by atoms with Crippen LogP contribution in [0, 0.1) is 0 Å². The quantitative estimate of drug-likeness (QED) is 0.880. The molecule has 2 saturated carbocycles. The Balaban J connectivity index is 1.47. The monoisotopic (exact) mass is 326 g/mol. The third-order valence-corrected chi connectivity index (χ3v) is 5.42. The zero-order chi connectivity index (χ0) is 16.6. The van der Waals surface area contributed by atoms with Crippen LogP contribution < -0.4 is 5.73 Å². The number of nitrogens with zero attached hydrogens (tertiary/aromatic N) is 3. The Morgan fingerprint density at radius 2 is 1.92 bits per heavy atom. The van der Waals surface area contributed by atoms with Crippen LogP contribution in [0.5, 0.6) is 0 Å². The number of hydrogen-bond acceptors (Lipinski definition) is 5. The van der Waals surface area contributed by atoms with E-state index < -0.39 is 5.54 Å². The minimum atomic E-state index is -0.395. The highest BCUT2D eigenvalue weighted by Crippen LogP contribution is 2.35. The Hall–Kier alpha value is -1.72. The Labute approximate surface area is 143 Å². The second-order valence-electron chi connectivity index (χ2n) is 7.28. The summed E-state index contributed by atoms with van der Waals surface area (Å²) in [6.45, 7) is 4.36. The van der Waals surface area contributed by atoms with Crippen LogP contribution in [0.3, 0.4) is 0 Å². The number of benzene rings is 1. The van der Waals surface area contributed by atoms with Crippen molar-refractivity contribution in [1.82, 2.24) is 15.0 Å². The third-order valence-electron chi connectivity index (χ3n) is 5.42. The Kier molecular flexibility index (Phi) is 4.14. The lowest BCUT2D eigenvalue weighted by atomic mass is 9.98. The van der Waals surface area contributed by atoms with Gasteiger partial charge in [0.05, 0.1) is 5.54 Å². The second kappa shape index (κ2) is 6.30. The number of hydrogen-bond donors (Lipinski definition) is 1. The lowest BCUT2D eigenvalue weighted by Gasteiger charge is -2.19. The van der Waals surface area contributed by atoms with E-state index in [0.717, 1.165) is 50.4 Å². The molecule has 2 N–H and O–H groups in total. The third kappa shape index (κ3) is 3.10. The molecule has 5 heteroatoms. The molecule has 2 aromatic rings. The lowest BCUT2D eigenvalue weighted by Crippen LogP contribution is -2.34. The maximum atomic E-state index is 6.41. The van der Waals surface area contributed by atoms with Gasteiger partial charge in [0.1, 0.15) is 0 Å². The van der Waals surface area contributed by atoms with Crippen molar-refractivity contribution >= 4 is 0 Å². The van der Waals surface area contributed by atoms with Crippen molar-refractivity contribution in [2.75, 3.05) is 6.54 Å². The van der Waals surface area contributed by atoms with Crippen LogP contribution in [0.25, 0.3) is 11.5 Å². The van der Waals surface area contributed by atoms with Gasteiger partial charge in [0.25, 0.3) is 5.89 Å². The zero-order valence-corrected chi connectivity index (χ0v) is 14.4. The van der Waals surface area contributed by atoms with E-state index in [1.165, 1.54) is 18.4 Å². The highest BCUT2D eigenvalue weighted by molar-refractivity contribution is 5.53. The molecule has 2 aliphatic carbocycles. The Morgan fingerprint density at radius 1 is 1.21 bits per heavy atom. The molecule has 4 rings (SSSR count). The second-order valence-corrected chi connectivity index (χ2v) is 7.28. The molecule has 1 aromatic carbocycles. The van der Waals surface area contributed by atoms with E-state index in [1.54, 1.807) is 0 Å². The summed E-state index contributed by atoms with van der Waals surface area (Å²) in [6, 6.07) is 9.27. The predicted molar refractivity (Wildman–Crippen MR) is 93.2 cm³/mol. The van der Waals surface area contributed by atoms with Gasteiger partial charge in [-0.25, -0.2) is 0 Å². The largest absolute Gasteiger partial charge is 0.334 e. The molecule has 0 atom stereocenters. The summed E-state index contributed by atoms with van der Waals surface area (Å²) in [7, 11) is 0. The number of rotatable bonds is 6. The maximum absolute atomic E-state index is 6.41. The first kappa shape index (κ1) is 15.8. The van der Waals surface area contributed by atoms with Crippen molar-refractivity contribution in [1.29, 1.82) is 0 Å².